The van der Waals surface area contributed by atoms with Crippen LogP contribution < -0.4 is 0 Å². The van der Waals surface area contributed by atoms with E-state index in [1.54, 1.807) is 0 Å². The minimum absolute atomic E-state index is 0.0263. The summed E-state index contributed by atoms with van der Waals surface area (Å²) < 4.78 is 41.8. The van der Waals surface area contributed by atoms with E-state index < -0.39 is 10.1 Å². The van der Waals surface area contributed by atoms with Crippen molar-refractivity contribution in [3.05, 3.63) is 35.4 Å². The minimum atomic E-state index is -3.38. The van der Waals surface area contributed by atoms with Gasteiger partial charge in [0, 0.05) is 0 Å². The maximum absolute atomic E-state index is 10.7. The standard InChI is InChI=1S/C15H24O6S/c1-14-3-5-15(6-4-14)13-20-10-9-18-7-8-19-11-12-21-22(2,16)17/h3-6H,7-13H2,1-2H3. The second kappa shape index (κ2) is 10.7. The fourth-order valence-corrected chi connectivity index (χ4v) is 1.93. The molecule has 1 aromatic carbocycles. The topological polar surface area (TPSA) is 71.1 Å². The quantitative estimate of drug-likeness (QED) is 0.427. The van der Waals surface area contributed by atoms with Gasteiger partial charge in [0.25, 0.3) is 10.1 Å². The average Bonchev–Trinajstić information content (AvgIpc) is 2.45. The van der Waals surface area contributed by atoms with Crippen LogP contribution in [0, 0.1) is 6.92 Å². The molecule has 0 bridgehead atoms. The maximum atomic E-state index is 10.7. The molecule has 0 aliphatic rings. The van der Waals surface area contributed by atoms with Gasteiger partial charge in [-0.1, -0.05) is 29.8 Å². The molecule has 0 spiro atoms. The molecule has 0 aliphatic heterocycles. The molecule has 0 fully saturated rings. The van der Waals surface area contributed by atoms with E-state index in [2.05, 4.69) is 16.3 Å². The maximum Gasteiger partial charge on any atom is 0.264 e. The van der Waals surface area contributed by atoms with Crippen LogP contribution in [0.25, 0.3) is 0 Å². The van der Waals surface area contributed by atoms with Gasteiger partial charge in [-0.3, -0.25) is 4.18 Å². The van der Waals surface area contributed by atoms with E-state index in [-0.39, 0.29) is 13.2 Å². The lowest BCUT2D eigenvalue weighted by Crippen LogP contribution is -2.13. The SMILES string of the molecule is Cc1ccc(COCCOCCOCCOS(C)(=O)=O)cc1. The lowest BCUT2D eigenvalue weighted by atomic mass is 10.2. The Kier molecular flexibility index (Phi) is 9.26. The second-order valence-corrected chi connectivity index (χ2v) is 6.43. The summed E-state index contributed by atoms with van der Waals surface area (Å²) in [5.41, 5.74) is 2.37. The Morgan fingerprint density at radius 3 is 1.86 bits per heavy atom. The third-order valence-electron chi connectivity index (χ3n) is 2.66. The van der Waals surface area contributed by atoms with E-state index in [9.17, 15) is 8.42 Å². The molecule has 1 aromatic rings. The van der Waals surface area contributed by atoms with Crippen molar-refractivity contribution in [1.29, 1.82) is 0 Å². The smallest absolute Gasteiger partial charge is 0.264 e. The molecule has 0 heterocycles. The van der Waals surface area contributed by atoms with Gasteiger partial charge in [-0.25, -0.2) is 0 Å². The summed E-state index contributed by atoms with van der Waals surface area (Å²) in [6.07, 6.45) is 1.01. The molecular formula is C15H24O6S. The van der Waals surface area contributed by atoms with E-state index in [4.69, 9.17) is 14.2 Å². The fourth-order valence-electron chi connectivity index (χ4n) is 1.56. The predicted octanol–water partition coefficient (Wildman–Crippen LogP) is 1.52. The van der Waals surface area contributed by atoms with Gasteiger partial charge < -0.3 is 14.2 Å². The van der Waals surface area contributed by atoms with Crippen LogP contribution in [0.1, 0.15) is 11.1 Å². The number of rotatable bonds is 12. The fraction of sp³-hybridized carbons (Fsp3) is 0.600. The summed E-state index contributed by atoms with van der Waals surface area (Å²) >= 11 is 0. The largest absolute Gasteiger partial charge is 0.377 e. The van der Waals surface area contributed by atoms with Gasteiger partial charge >= 0.3 is 0 Å². The Balaban J connectivity index is 1.86. The average molecular weight is 332 g/mol. The Morgan fingerprint density at radius 2 is 1.32 bits per heavy atom. The molecule has 126 valence electrons. The summed E-state index contributed by atoms with van der Waals surface area (Å²) in [5.74, 6) is 0. The summed E-state index contributed by atoms with van der Waals surface area (Å²) in [6.45, 7) is 4.72. The van der Waals surface area contributed by atoms with Crippen molar-refractivity contribution in [3.8, 4) is 0 Å². The van der Waals surface area contributed by atoms with Crippen molar-refractivity contribution in [3.63, 3.8) is 0 Å². The monoisotopic (exact) mass is 332 g/mol. The second-order valence-electron chi connectivity index (χ2n) is 4.79. The molecular weight excluding hydrogens is 308 g/mol. The molecule has 0 aromatic heterocycles. The van der Waals surface area contributed by atoms with Crippen LogP contribution in [-0.4, -0.2) is 54.3 Å². The first-order valence-electron chi connectivity index (χ1n) is 7.10. The molecule has 0 atom stereocenters. The molecule has 0 unspecified atom stereocenters. The van der Waals surface area contributed by atoms with E-state index in [1.165, 1.54) is 5.56 Å². The highest BCUT2D eigenvalue weighted by molar-refractivity contribution is 7.85. The van der Waals surface area contributed by atoms with E-state index in [1.807, 2.05) is 19.1 Å². The highest BCUT2D eigenvalue weighted by atomic mass is 32.2. The summed E-state index contributed by atoms with van der Waals surface area (Å²) in [6, 6.07) is 8.20. The summed E-state index contributed by atoms with van der Waals surface area (Å²) in [7, 11) is -3.38. The Morgan fingerprint density at radius 1 is 0.818 bits per heavy atom. The van der Waals surface area contributed by atoms with Gasteiger partial charge in [0.15, 0.2) is 0 Å². The van der Waals surface area contributed by atoms with Crippen molar-refractivity contribution in [2.24, 2.45) is 0 Å². The van der Waals surface area contributed by atoms with Gasteiger partial charge in [0.05, 0.1) is 52.5 Å². The zero-order valence-corrected chi connectivity index (χ0v) is 13.9. The molecule has 0 N–H and O–H groups in total. The molecule has 0 saturated heterocycles. The highest BCUT2D eigenvalue weighted by Crippen LogP contribution is 2.04. The Labute approximate surface area is 132 Å². The first-order valence-corrected chi connectivity index (χ1v) is 8.92. The zero-order valence-electron chi connectivity index (χ0n) is 13.1. The molecule has 0 aliphatic carbocycles. The summed E-state index contributed by atoms with van der Waals surface area (Å²) in [5, 5.41) is 0. The Hall–Kier alpha value is -0.990. The van der Waals surface area contributed by atoms with Crippen LogP contribution >= 0.6 is 0 Å². The van der Waals surface area contributed by atoms with Crippen LogP contribution in [-0.2, 0) is 35.1 Å². The lowest BCUT2D eigenvalue weighted by molar-refractivity contribution is 0.00632. The molecule has 6 nitrogen and oxygen atoms in total. The third kappa shape index (κ3) is 10.7. The third-order valence-corrected chi connectivity index (χ3v) is 3.25. The van der Waals surface area contributed by atoms with Gasteiger partial charge in [0.1, 0.15) is 0 Å². The summed E-state index contributed by atoms with van der Waals surface area (Å²) in [4.78, 5) is 0. The number of benzene rings is 1. The van der Waals surface area contributed by atoms with Crippen molar-refractivity contribution >= 4 is 10.1 Å². The van der Waals surface area contributed by atoms with E-state index in [0.29, 0.717) is 33.0 Å². The van der Waals surface area contributed by atoms with E-state index >= 15 is 0 Å². The van der Waals surface area contributed by atoms with Crippen molar-refractivity contribution < 1.29 is 26.8 Å². The number of hydrogen-bond acceptors (Lipinski definition) is 6. The normalized spacial score (nSPS) is 11.7. The molecule has 0 saturated carbocycles. The molecule has 0 amide bonds. The van der Waals surface area contributed by atoms with Gasteiger partial charge in [-0.15, -0.1) is 0 Å². The van der Waals surface area contributed by atoms with Crippen molar-refractivity contribution in [2.75, 3.05) is 45.9 Å². The van der Waals surface area contributed by atoms with Crippen LogP contribution in [0.5, 0.6) is 0 Å². The van der Waals surface area contributed by atoms with Crippen LogP contribution in [0.2, 0.25) is 0 Å². The number of hydrogen-bond donors (Lipinski definition) is 0. The Bertz CT molecular complexity index is 497. The minimum Gasteiger partial charge on any atom is -0.377 e. The first-order chi connectivity index (χ1) is 10.5. The number of ether oxygens (including phenoxy) is 3. The zero-order chi connectivity index (χ0) is 16.3. The number of aryl methyl sites for hydroxylation is 1. The van der Waals surface area contributed by atoms with Crippen molar-refractivity contribution in [2.45, 2.75) is 13.5 Å². The van der Waals surface area contributed by atoms with Crippen LogP contribution in [0.4, 0.5) is 0 Å². The van der Waals surface area contributed by atoms with Gasteiger partial charge in [-0.05, 0) is 12.5 Å². The molecule has 1 rings (SSSR count). The highest BCUT2D eigenvalue weighted by Gasteiger charge is 2.00. The van der Waals surface area contributed by atoms with Crippen molar-refractivity contribution in [1.82, 2.24) is 0 Å². The first kappa shape index (κ1) is 19.1. The van der Waals surface area contributed by atoms with E-state index in [0.717, 1.165) is 11.8 Å². The molecule has 0 radical (unpaired) electrons. The predicted molar refractivity (Wildman–Crippen MR) is 83.3 cm³/mol. The lowest BCUT2D eigenvalue weighted by Gasteiger charge is -2.07. The molecule has 22 heavy (non-hydrogen) atoms. The van der Waals surface area contributed by atoms with Crippen LogP contribution in [0.15, 0.2) is 24.3 Å². The van der Waals surface area contributed by atoms with Crippen LogP contribution in [0.3, 0.4) is 0 Å². The van der Waals surface area contributed by atoms with Gasteiger partial charge in [-0.2, -0.15) is 8.42 Å². The van der Waals surface area contributed by atoms with Gasteiger partial charge in [0.2, 0.25) is 0 Å². The molecule has 7 heteroatoms.